The van der Waals surface area contributed by atoms with E-state index in [1.807, 2.05) is 29.1 Å². The van der Waals surface area contributed by atoms with Gasteiger partial charge < -0.3 is 7.80 Å². The first-order valence-corrected chi connectivity index (χ1v) is 15.0. The van der Waals surface area contributed by atoms with Crippen LogP contribution in [0, 0.1) is 50.7 Å². The molecular formula is C31H43IO5. The average molecular weight is 623 g/mol. The number of methoxy groups -OCH3 is 1. The van der Waals surface area contributed by atoms with Crippen molar-refractivity contribution in [3.8, 4) is 0 Å². The Morgan fingerprint density at radius 2 is 1.76 bits per heavy atom. The van der Waals surface area contributed by atoms with Gasteiger partial charge in [0.05, 0.1) is 12.5 Å². The topological polar surface area (TPSA) is 69.7 Å². The quantitative estimate of drug-likeness (QED) is 0.141. The van der Waals surface area contributed by atoms with E-state index >= 15 is 0 Å². The molecule has 0 saturated heterocycles. The first-order valence-electron chi connectivity index (χ1n) is 14.1. The molecule has 0 N–H and O–H groups in total. The number of carbonyl (C=O) groups is 3. The molecule has 0 spiro atoms. The number of allylic oxidation sites excluding steroid dienone is 3. The van der Waals surface area contributed by atoms with Crippen LogP contribution >= 0.6 is 23.0 Å². The Labute approximate surface area is 236 Å². The highest BCUT2D eigenvalue weighted by Crippen LogP contribution is 2.74. The summed E-state index contributed by atoms with van der Waals surface area (Å²) in [7, 11) is 1.50. The van der Waals surface area contributed by atoms with Crippen LogP contribution in [0.25, 0.3) is 0 Å². The molecule has 0 amide bonds. The van der Waals surface area contributed by atoms with Gasteiger partial charge in [0.1, 0.15) is 6.26 Å². The molecule has 5 aliphatic carbocycles. The van der Waals surface area contributed by atoms with E-state index in [-0.39, 0.29) is 51.5 Å². The van der Waals surface area contributed by atoms with E-state index in [1.54, 1.807) is 6.26 Å². The molecule has 8 atom stereocenters. The lowest BCUT2D eigenvalue weighted by Gasteiger charge is -2.69. The zero-order valence-electron chi connectivity index (χ0n) is 23.5. The third kappa shape index (κ3) is 3.41. The van der Waals surface area contributed by atoms with Gasteiger partial charge >= 0.3 is 5.97 Å². The molecule has 5 rings (SSSR count). The average Bonchev–Trinajstić information content (AvgIpc) is 2.83. The van der Waals surface area contributed by atoms with Crippen molar-refractivity contribution in [3.05, 3.63) is 23.5 Å². The highest BCUT2D eigenvalue weighted by atomic mass is 127. The molecule has 4 saturated carbocycles. The molecule has 0 bridgehead atoms. The van der Waals surface area contributed by atoms with E-state index in [2.05, 4.69) is 41.5 Å². The zero-order chi connectivity index (χ0) is 27.2. The molecule has 4 fully saturated rings. The number of halogens is 1. The fourth-order valence-electron chi connectivity index (χ4n) is 10.4. The Hall–Kier alpha value is -1.18. The largest absolute Gasteiger partial charge is 0.469 e. The van der Waals surface area contributed by atoms with Crippen LogP contribution in [-0.4, -0.2) is 24.6 Å². The van der Waals surface area contributed by atoms with E-state index in [0.717, 1.165) is 50.5 Å². The van der Waals surface area contributed by atoms with Crippen LogP contribution in [0.15, 0.2) is 23.5 Å². The number of hydrogen-bond donors (Lipinski definition) is 0. The number of Topliss-reactive ketones (excluding diaryl/α,β-unsaturated/α-hetero) is 1. The van der Waals surface area contributed by atoms with Crippen molar-refractivity contribution in [2.24, 2.45) is 50.7 Å². The van der Waals surface area contributed by atoms with E-state index in [9.17, 15) is 14.4 Å². The predicted molar refractivity (Wildman–Crippen MR) is 150 cm³/mol. The maximum Gasteiger partial charge on any atom is 0.312 e. The first-order chi connectivity index (χ1) is 17.2. The number of carbonyl (C=O) groups excluding carboxylic acids is 3. The second-order valence-corrected chi connectivity index (χ2v) is 14.8. The molecule has 0 aromatic carbocycles. The van der Waals surface area contributed by atoms with Gasteiger partial charge in [0.15, 0.2) is 34.6 Å². The number of ether oxygens (including phenoxy) is 1. The van der Waals surface area contributed by atoms with Crippen molar-refractivity contribution in [1.82, 2.24) is 0 Å². The van der Waals surface area contributed by atoms with Crippen molar-refractivity contribution >= 4 is 40.5 Å². The number of esters is 1. The highest BCUT2D eigenvalue weighted by molar-refractivity contribution is 14.1. The lowest BCUT2D eigenvalue weighted by Crippen LogP contribution is -2.65. The first kappa shape index (κ1) is 27.4. The van der Waals surface area contributed by atoms with Gasteiger partial charge in [-0.1, -0.05) is 47.1 Å². The van der Waals surface area contributed by atoms with Gasteiger partial charge in [-0.3, -0.25) is 14.4 Å². The minimum atomic E-state index is -0.545. The maximum absolute atomic E-state index is 14.4. The van der Waals surface area contributed by atoms with Gasteiger partial charge in [-0.25, -0.2) is 0 Å². The predicted octanol–water partition coefficient (Wildman–Crippen LogP) is 7.18. The van der Waals surface area contributed by atoms with E-state index in [4.69, 9.17) is 7.80 Å². The molecule has 0 radical (unpaired) electrons. The van der Waals surface area contributed by atoms with Crippen LogP contribution < -0.4 is 0 Å². The van der Waals surface area contributed by atoms with Gasteiger partial charge in [0.2, 0.25) is 0 Å². The van der Waals surface area contributed by atoms with Gasteiger partial charge in [-0.2, -0.15) is 0 Å². The standard InChI is InChI=1S/C31H43IO5/c1-18-8-11-31(26(35)36-7)13-12-30(6)24(20(31)14-18)21(33)15-23-28(4)16-19(17-37-32)25(34)27(2,3)22(28)9-10-29(23,30)5/h15,17-18,20,22,24H,8-14,16H2,1-7H3/b19-17+/t18?,20?,22?,24?,28?,29?,30-,31?/m1/s1. The summed E-state index contributed by atoms with van der Waals surface area (Å²) in [5.74, 6) is 0.739. The Morgan fingerprint density at radius 1 is 1.05 bits per heavy atom. The minimum Gasteiger partial charge on any atom is -0.469 e. The smallest absolute Gasteiger partial charge is 0.312 e. The van der Waals surface area contributed by atoms with Crippen molar-refractivity contribution in [1.29, 1.82) is 0 Å². The van der Waals surface area contributed by atoms with Crippen molar-refractivity contribution in [2.75, 3.05) is 7.11 Å². The monoisotopic (exact) mass is 622 g/mol. The third-order valence-electron chi connectivity index (χ3n) is 12.5. The fourth-order valence-corrected chi connectivity index (χ4v) is 10.7. The fraction of sp³-hybridized carbons (Fsp3) is 0.774. The molecule has 37 heavy (non-hydrogen) atoms. The van der Waals surface area contributed by atoms with Crippen LogP contribution in [0.3, 0.4) is 0 Å². The Morgan fingerprint density at radius 3 is 2.41 bits per heavy atom. The SMILES string of the molecule is COC(=O)C12CCC(C)CC1C1C(=O)C=C3C4(C)C/C(=C\OI)C(=O)C(C)(C)C4CCC3(C)[C@]1(C)CC2. The number of rotatable bonds is 2. The maximum atomic E-state index is 14.4. The van der Waals surface area contributed by atoms with Crippen LogP contribution in [0.4, 0.5) is 0 Å². The molecule has 0 aromatic heterocycles. The lowest BCUT2D eigenvalue weighted by atomic mass is 9.34. The van der Waals surface area contributed by atoms with Gasteiger partial charge in [0.25, 0.3) is 0 Å². The molecule has 5 nitrogen and oxygen atoms in total. The lowest BCUT2D eigenvalue weighted by molar-refractivity contribution is -0.188. The van der Waals surface area contributed by atoms with Crippen LogP contribution in [0.2, 0.25) is 0 Å². The summed E-state index contributed by atoms with van der Waals surface area (Å²) in [6, 6.07) is 0. The summed E-state index contributed by atoms with van der Waals surface area (Å²) in [6.45, 7) is 13.4. The van der Waals surface area contributed by atoms with Crippen LogP contribution in [-0.2, 0) is 22.2 Å². The van der Waals surface area contributed by atoms with Gasteiger partial charge in [-0.15, -0.1) is 0 Å². The Kier molecular flexibility index (Phi) is 6.41. The normalized spacial score (nSPS) is 47.7. The Balaban J connectivity index is 1.66. The van der Waals surface area contributed by atoms with Crippen molar-refractivity contribution in [3.63, 3.8) is 0 Å². The molecule has 0 aromatic rings. The summed E-state index contributed by atoms with van der Waals surface area (Å²) in [5, 5.41) is 0. The zero-order valence-corrected chi connectivity index (χ0v) is 25.7. The summed E-state index contributed by atoms with van der Waals surface area (Å²) in [4.78, 5) is 41.1. The summed E-state index contributed by atoms with van der Waals surface area (Å²) in [5.41, 5.74) is 0.167. The number of hydrogen-bond acceptors (Lipinski definition) is 5. The van der Waals surface area contributed by atoms with Gasteiger partial charge in [0, 0.05) is 16.9 Å². The molecule has 6 heteroatoms. The molecule has 0 heterocycles. The molecular weight excluding hydrogens is 579 g/mol. The Bertz CT molecular complexity index is 1100. The van der Waals surface area contributed by atoms with E-state index < -0.39 is 10.8 Å². The second kappa shape index (κ2) is 8.66. The van der Waals surface area contributed by atoms with E-state index in [1.165, 1.54) is 12.7 Å². The van der Waals surface area contributed by atoms with Crippen LogP contribution in [0.5, 0.6) is 0 Å². The molecule has 7 unspecified atom stereocenters. The minimum absolute atomic E-state index is 0.0161. The van der Waals surface area contributed by atoms with Crippen LogP contribution in [0.1, 0.15) is 92.9 Å². The highest BCUT2D eigenvalue weighted by Gasteiger charge is 2.71. The molecule has 5 aliphatic rings. The number of fused-ring (bicyclic) bond motifs is 7. The van der Waals surface area contributed by atoms with Crippen molar-refractivity contribution in [2.45, 2.75) is 92.9 Å². The second-order valence-electron chi connectivity index (χ2n) is 14.3. The molecule has 0 aliphatic heterocycles. The summed E-state index contributed by atoms with van der Waals surface area (Å²) >= 11 is 1.83. The summed E-state index contributed by atoms with van der Waals surface area (Å²) in [6.07, 6.45) is 10.5. The van der Waals surface area contributed by atoms with E-state index in [0.29, 0.717) is 12.3 Å². The van der Waals surface area contributed by atoms with Crippen molar-refractivity contribution < 1.29 is 22.2 Å². The molecule has 204 valence electrons. The third-order valence-corrected chi connectivity index (χ3v) is 12.7. The summed E-state index contributed by atoms with van der Waals surface area (Å²) < 4.78 is 10.7. The number of ketones is 2. The van der Waals surface area contributed by atoms with Gasteiger partial charge in [-0.05, 0) is 91.4 Å².